The summed E-state index contributed by atoms with van der Waals surface area (Å²) in [4.78, 5) is 10.1. The third-order valence-electron chi connectivity index (χ3n) is 3.69. The van der Waals surface area contributed by atoms with Crippen LogP contribution in [0.25, 0.3) is 0 Å². The SMILES string of the molecule is Cc1ccc(Cl)c(SNc2cc(NCCO)nc(SCc3ccccc3)n2)c1. The fourth-order valence-electron chi connectivity index (χ4n) is 2.33. The summed E-state index contributed by atoms with van der Waals surface area (Å²) < 4.78 is 3.25. The summed E-state index contributed by atoms with van der Waals surface area (Å²) in [5, 5.41) is 13.5. The lowest BCUT2D eigenvalue weighted by molar-refractivity contribution is 0.311. The molecule has 3 N–H and O–H groups in total. The Morgan fingerprint density at radius 3 is 2.61 bits per heavy atom. The summed E-state index contributed by atoms with van der Waals surface area (Å²) >= 11 is 9.25. The smallest absolute Gasteiger partial charge is 0.191 e. The summed E-state index contributed by atoms with van der Waals surface area (Å²) in [5.74, 6) is 2.12. The van der Waals surface area contributed by atoms with Gasteiger partial charge in [-0.05, 0) is 42.1 Å². The molecular weight excluding hydrogens is 412 g/mol. The standard InChI is InChI=1S/C20H21ClN4OS2/c1-14-7-8-16(21)17(11-14)28-25-19-12-18(22-9-10-26)23-20(24-19)27-13-15-5-3-2-4-6-15/h2-8,11-12,26H,9-10,13H2,1H3,(H2,22,23,24,25). The zero-order valence-electron chi connectivity index (χ0n) is 15.4. The average Bonchev–Trinajstić information content (AvgIpc) is 2.72. The molecule has 28 heavy (non-hydrogen) atoms. The van der Waals surface area contributed by atoms with E-state index in [0.29, 0.717) is 28.4 Å². The van der Waals surface area contributed by atoms with Gasteiger partial charge in [0.1, 0.15) is 11.6 Å². The topological polar surface area (TPSA) is 70.1 Å². The van der Waals surface area contributed by atoms with Crippen molar-refractivity contribution in [2.24, 2.45) is 0 Å². The van der Waals surface area contributed by atoms with E-state index >= 15 is 0 Å². The van der Waals surface area contributed by atoms with Gasteiger partial charge >= 0.3 is 0 Å². The van der Waals surface area contributed by atoms with E-state index in [0.717, 1.165) is 16.2 Å². The van der Waals surface area contributed by atoms with Crippen LogP contribution in [0.3, 0.4) is 0 Å². The zero-order chi connectivity index (χ0) is 19.8. The van der Waals surface area contributed by atoms with Crippen LogP contribution in [0.1, 0.15) is 11.1 Å². The van der Waals surface area contributed by atoms with Crippen LogP contribution in [0.15, 0.2) is 64.6 Å². The molecule has 3 rings (SSSR count). The van der Waals surface area contributed by atoms with Crippen molar-refractivity contribution < 1.29 is 5.11 Å². The van der Waals surface area contributed by atoms with Crippen LogP contribution in [0.5, 0.6) is 0 Å². The predicted molar refractivity (Wildman–Crippen MR) is 119 cm³/mol. The first-order valence-electron chi connectivity index (χ1n) is 8.73. The van der Waals surface area contributed by atoms with Gasteiger partial charge < -0.3 is 15.1 Å². The highest BCUT2D eigenvalue weighted by atomic mass is 35.5. The van der Waals surface area contributed by atoms with Crippen LogP contribution < -0.4 is 10.0 Å². The molecule has 0 amide bonds. The van der Waals surface area contributed by atoms with E-state index in [1.54, 1.807) is 11.8 Å². The van der Waals surface area contributed by atoms with E-state index in [-0.39, 0.29) is 6.61 Å². The van der Waals surface area contributed by atoms with Crippen molar-refractivity contribution >= 4 is 46.9 Å². The first-order valence-corrected chi connectivity index (χ1v) is 10.9. The van der Waals surface area contributed by atoms with Gasteiger partial charge in [0.2, 0.25) is 0 Å². The van der Waals surface area contributed by atoms with Gasteiger partial charge in [0.05, 0.1) is 11.6 Å². The summed E-state index contributed by atoms with van der Waals surface area (Å²) in [7, 11) is 0. The number of thioether (sulfide) groups is 1. The Balaban J connectivity index is 1.73. The molecule has 1 heterocycles. The van der Waals surface area contributed by atoms with Gasteiger partial charge in [0, 0.05) is 23.3 Å². The fourth-order valence-corrected chi connectivity index (χ4v) is 4.11. The van der Waals surface area contributed by atoms with Crippen molar-refractivity contribution in [3.8, 4) is 0 Å². The van der Waals surface area contributed by atoms with Gasteiger partial charge in [0.15, 0.2) is 5.16 Å². The Kier molecular flexibility index (Phi) is 7.85. The van der Waals surface area contributed by atoms with E-state index in [1.165, 1.54) is 17.5 Å². The second kappa shape index (κ2) is 10.6. The van der Waals surface area contributed by atoms with Gasteiger partial charge in [0.25, 0.3) is 0 Å². The molecule has 0 radical (unpaired) electrons. The lowest BCUT2D eigenvalue weighted by Crippen LogP contribution is -2.08. The number of anilines is 2. The number of nitrogens with one attached hydrogen (secondary N) is 2. The molecule has 146 valence electrons. The van der Waals surface area contributed by atoms with Crippen molar-refractivity contribution in [3.63, 3.8) is 0 Å². The van der Waals surface area contributed by atoms with Crippen molar-refractivity contribution in [1.29, 1.82) is 0 Å². The minimum absolute atomic E-state index is 0.0346. The lowest BCUT2D eigenvalue weighted by Gasteiger charge is -2.11. The number of aromatic nitrogens is 2. The highest BCUT2D eigenvalue weighted by Gasteiger charge is 2.08. The van der Waals surface area contributed by atoms with Crippen LogP contribution in [0.4, 0.5) is 11.6 Å². The number of rotatable bonds is 9. The van der Waals surface area contributed by atoms with Crippen LogP contribution in [-0.4, -0.2) is 28.2 Å². The molecule has 1 aromatic heterocycles. The monoisotopic (exact) mass is 432 g/mol. The Morgan fingerprint density at radius 1 is 1.04 bits per heavy atom. The number of hydrogen-bond acceptors (Lipinski definition) is 7. The maximum atomic E-state index is 9.08. The third-order valence-corrected chi connectivity index (χ3v) is 5.92. The van der Waals surface area contributed by atoms with Gasteiger partial charge in [-0.25, -0.2) is 9.97 Å². The van der Waals surface area contributed by atoms with Crippen LogP contribution in [0, 0.1) is 6.92 Å². The van der Waals surface area contributed by atoms with E-state index in [4.69, 9.17) is 16.7 Å². The normalized spacial score (nSPS) is 10.7. The Morgan fingerprint density at radius 2 is 1.82 bits per heavy atom. The average molecular weight is 433 g/mol. The van der Waals surface area contributed by atoms with Crippen molar-refractivity contribution in [3.05, 3.63) is 70.7 Å². The van der Waals surface area contributed by atoms with Crippen LogP contribution in [0.2, 0.25) is 5.02 Å². The summed E-state index contributed by atoms with van der Waals surface area (Å²) in [6.07, 6.45) is 0. The quantitative estimate of drug-likeness (QED) is 0.242. The van der Waals surface area contributed by atoms with Gasteiger partial charge in [-0.15, -0.1) is 0 Å². The highest BCUT2D eigenvalue weighted by molar-refractivity contribution is 8.00. The van der Waals surface area contributed by atoms with Gasteiger partial charge in [-0.3, -0.25) is 0 Å². The number of halogens is 1. The number of nitrogens with zero attached hydrogens (tertiary/aromatic N) is 2. The largest absolute Gasteiger partial charge is 0.395 e. The summed E-state index contributed by atoms with van der Waals surface area (Å²) in [6.45, 7) is 2.49. The molecule has 5 nitrogen and oxygen atoms in total. The van der Waals surface area contributed by atoms with Crippen molar-refractivity contribution in [1.82, 2.24) is 9.97 Å². The molecule has 0 aliphatic carbocycles. The first kappa shape index (κ1) is 20.8. The number of aryl methyl sites for hydroxylation is 1. The van der Waals surface area contributed by atoms with Crippen molar-refractivity contribution in [2.45, 2.75) is 22.7 Å². The molecule has 0 bridgehead atoms. The molecule has 3 aromatic rings. The number of aliphatic hydroxyl groups is 1. The minimum Gasteiger partial charge on any atom is -0.395 e. The van der Waals surface area contributed by atoms with E-state index in [1.807, 2.05) is 49.4 Å². The maximum Gasteiger partial charge on any atom is 0.191 e. The van der Waals surface area contributed by atoms with E-state index < -0.39 is 0 Å². The molecular formula is C20H21ClN4OS2. The van der Waals surface area contributed by atoms with Gasteiger partial charge in [-0.1, -0.05) is 59.8 Å². The second-order valence-corrected chi connectivity index (χ2v) is 8.18. The van der Waals surface area contributed by atoms with Crippen LogP contribution in [-0.2, 0) is 5.75 Å². The first-order chi connectivity index (χ1) is 13.6. The molecule has 0 aliphatic rings. The zero-order valence-corrected chi connectivity index (χ0v) is 17.7. The summed E-state index contributed by atoms with van der Waals surface area (Å²) in [5.41, 5.74) is 2.35. The highest BCUT2D eigenvalue weighted by Crippen LogP contribution is 2.30. The molecule has 0 spiro atoms. The molecule has 2 aromatic carbocycles. The Hall–Kier alpha value is -1.93. The second-order valence-electron chi connectivity index (χ2n) is 5.98. The number of benzene rings is 2. The molecule has 0 unspecified atom stereocenters. The van der Waals surface area contributed by atoms with E-state index in [2.05, 4.69) is 32.1 Å². The maximum absolute atomic E-state index is 9.08. The predicted octanol–water partition coefficient (Wildman–Crippen LogP) is 5.25. The minimum atomic E-state index is 0.0346. The number of aliphatic hydroxyl groups excluding tert-OH is 1. The Labute approximate surface area is 178 Å². The van der Waals surface area contributed by atoms with Crippen LogP contribution >= 0.6 is 35.3 Å². The van der Waals surface area contributed by atoms with Crippen molar-refractivity contribution in [2.75, 3.05) is 23.2 Å². The molecule has 0 aliphatic heterocycles. The summed E-state index contributed by atoms with van der Waals surface area (Å²) in [6, 6.07) is 17.9. The van der Waals surface area contributed by atoms with E-state index in [9.17, 15) is 0 Å². The molecule has 0 fully saturated rings. The lowest BCUT2D eigenvalue weighted by atomic mass is 10.2. The number of hydrogen-bond donors (Lipinski definition) is 3. The third kappa shape index (κ3) is 6.31. The molecule has 0 saturated heterocycles. The fraction of sp³-hybridized carbons (Fsp3) is 0.200. The molecule has 0 atom stereocenters. The Bertz CT molecular complexity index is 912. The molecule has 8 heteroatoms. The van der Waals surface area contributed by atoms with Gasteiger partial charge in [-0.2, -0.15) is 0 Å². The molecule has 0 saturated carbocycles.